The van der Waals surface area contributed by atoms with Crippen LogP contribution in [-0.2, 0) is 11.3 Å². The molecule has 0 radical (unpaired) electrons. The monoisotopic (exact) mass is 355 g/mol. The highest BCUT2D eigenvalue weighted by Crippen LogP contribution is 2.31. The van der Waals surface area contributed by atoms with Gasteiger partial charge in [0.15, 0.2) is 0 Å². The van der Waals surface area contributed by atoms with Gasteiger partial charge in [0.1, 0.15) is 23.0 Å². The maximum Gasteiger partial charge on any atom is 0.253 e. The molecule has 0 unspecified atom stereocenters. The lowest BCUT2D eigenvalue weighted by Crippen LogP contribution is -2.48. The molecule has 4 rings (SSSR count). The van der Waals surface area contributed by atoms with Crippen molar-refractivity contribution in [3.8, 4) is 0 Å². The molecule has 2 heterocycles. The number of nitrogens with one attached hydrogen (secondary N) is 1. The van der Waals surface area contributed by atoms with E-state index in [9.17, 15) is 13.6 Å². The second-order valence-electron chi connectivity index (χ2n) is 6.87. The van der Waals surface area contributed by atoms with Crippen molar-refractivity contribution < 1.29 is 13.6 Å². The van der Waals surface area contributed by atoms with E-state index >= 15 is 0 Å². The second kappa shape index (κ2) is 6.61. The van der Waals surface area contributed by atoms with Gasteiger partial charge < -0.3 is 5.32 Å². The van der Waals surface area contributed by atoms with Crippen LogP contribution in [0.2, 0.25) is 0 Å². The van der Waals surface area contributed by atoms with Gasteiger partial charge in [0.25, 0.3) is 5.91 Å². The van der Waals surface area contributed by atoms with E-state index in [1.807, 2.05) is 30.3 Å². The van der Waals surface area contributed by atoms with Crippen molar-refractivity contribution in [1.29, 1.82) is 0 Å². The summed E-state index contributed by atoms with van der Waals surface area (Å²) in [5, 5.41) is 2.90. The minimum atomic E-state index is -0.727. The molecule has 1 spiro atoms. The van der Waals surface area contributed by atoms with Gasteiger partial charge in [0, 0.05) is 31.3 Å². The molecule has 0 bridgehead atoms. The third-order valence-electron chi connectivity index (χ3n) is 5.04. The lowest BCUT2D eigenvalue weighted by atomic mass is 9.88. The number of amides is 1. The molecule has 2 aliphatic heterocycles. The van der Waals surface area contributed by atoms with Gasteiger partial charge in [-0.2, -0.15) is 0 Å². The number of likely N-dealkylation sites (tertiary alicyclic amines) is 1. The first-order valence-corrected chi connectivity index (χ1v) is 8.68. The fourth-order valence-corrected chi connectivity index (χ4v) is 3.63. The van der Waals surface area contributed by atoms with Gasteiger partial charge in [-0.1, -0.05) is 30.3 Å². The Morgan fingerprint density at radius 1 is 1.04 bits per heavy atom. The van der Waals surface area contributed by atoms with E-state index in [2.05, 4.69) is 10.2 Å². The fraction of sp³-hybridized carbons (Fsp3) is 0.300. The van der Waals surface area contributed by atoms with Crippen LogP contribution < -0.4 is 5.32 Å². The van der Waals surface area contributed by atoms with Crippen molar-refractivity contribution in [3.63, 3.8) is 0 Å². The minimum absolute atomic E-state index is 0.0622. The lowest BCUT2D eigenvalue weighted by molar-refractivity contribution is -0.125. The van der Waals surface area contributed by atoms with Crippen molar-refractivity contribution in [2.45, 2.75) is 24.9 Å². The van der Waals surface area contributed by atoms with Crippen LogP contribution in [0.4, 0.5) is 8.78 Å². The molecule has 0 atom stereocenters. The molecule has 0 aromatic heterocycles. The fourth-order valence-electron chi connectivity index (χ4n) is 3.63. The summed E-state index contributed by atoms with van der Waals surface area (Å²) in [7, 11) is 0. The van der Waals surface area contributed by atoms with Crippen LogP contribution in [0.25, 0.3) is 0 Å². The first-order chi connectivity index (χ1) is 12.5. The summed E-state index contributed by atoms with van der Waals surface area (Å²) in [4.78, 5) is 19.4. The third-order valence-corrected chi connectivity index (χ3v) is 5.04. The first-order valence-electron chi connectivity index (χ1n) is 8.68. The van der Waals surface area contributed by atoms with Crippen molar-refractivity contribution >= 4 is 11.7 Å². The van der Waals surface area contributed by atoms with E-state index in [-0.39, 0.29) is 5.91 Å². The number of rotatable bonds is 3. The maximum atomic E-state index is 13.3. The van der Waals surface area contributed by atoms with Crippen LogP contribution in [-0.4, -0.2) is 35.3 Å². The average molecular weight is 355 g/mol. The molecule has 1 fully saturated rings. The maximum absolute atomic E-state index is 13.3. The Morgan fingerprint density at radius 2 is 1.69 bits per heavy atom. The number of carbonyl (C=O) groups excluding carboxylic acids is 1. The van der Waals surface area contributed by atoms with Crippen LogP contribution in [0.1, 0.15) is 24.0 Å². The molecule has 26 heavy (non-hydrogen) atoms. The Kier molecular flexibility index (Phi) is 4.28. The van der Waals surface area contributed by atoms with Gasteiger partial charge in [-0.15, -0.1) is 0 Å². The molecule has 0 saturated carbocycles. The quantitative estimate of drug-likeness (QED) is 0.920. The van der Waals surface area contributed by atoms with E-state index in [1.54, 1.807) is 0 Å². The molecule has 1 N–H and O–H groups in total. The highest BCUT2D eigenvalue weighted by atomic mass is 19.1. The SMILES string of the molecule is O=C1NC(c2ccccc2)=NC12CCN(Cc1cc(F)cc(F)c1)CC2. The van der Waals surface area contributed by atoms with Crippen molar-refractivity contribution in [1.82, 2.24) is 10.2 Å². The molecule has 0 aliphatic carbocycles. The molecule has 2 aliphatic rings. The van der Waals surface area contributed by atoms with Gasteiger partial charge in [-0.3, -0.25) is 14.7 Å². The molecule has 1 amide bonds. The number of halogens is 2. The van der Waals surface area contributed by atoms with E-state index in [0.29, 0.717) is 43.9 Å². The standard InChI is InChI=1S/C20H19F2N3O/c21-16-10-14(11-17(22)12-16)13-25-8-6-20(7-9-25)19(26)23-18(24-20)15-4-2-1-3-5-15/h1-5,10-12H,6-9,13H2,(H,23,24,26). The highest BCUT2D eigenvalue weighted by Gasteiger charge is 2.45. The number of benzene rings is 2. The summed E-state index contributed by atoms with van der Waals surface area (Å²) >= 11 is 0. The minimum Gasteiger partial charge on any atom is -0.308 e. The number of carbonyl (C=O) groups is 1. The van der Waals surface area contributed by atoms with E-state index in [4.69, 9.17) is 4.99 Å². The molecule has 6 heteroatoms. The van der Waals surface area contributed by atoms with Crippen molar-refractivity contribution in [2.24, 2.45) is 4.99 Å². The Bertz CT molecular complexity index is 838. The van der Waals surface area contributed by atoms with E-state index in [0.717, 1.165) is 11.6 Å². The molecular weight excluding hydrogens is 336 g/mol. The molecular formula is C20H19F2N3O. The van der Waals surface area contributed by atoms with Crippen LogP contribution in [0, 0.1) is 11.6 Å². The van der Waals surface area contributed by atoms with Crippen LogP contribution in [0.15, 0.2) is 53.5 Å². The van der Waals surface area contributed by atoms with E-state index < -0.39 is 17.2 Å². The van der Waals surface area contributed by atoms with Crippen LogP contribution in [0.3, 0.4) is 0 Å². The largest absolute Gasteiger partial charge is 0.308 e. The van der Waals surface area contributed by atoms with E-state index in [1.165, 1.54) is 12.1 Å². The topological polar surface area (TPSA) is 44.7 Å². The Hall–Kier alpha value is -2.60. The summed E-state index contributed by atoms with van der Waals surface area (Å²) < 4.78 is 26.7. The van der Waals surface area contributed by atoms with Gasteiger partial charge in [0.2, 0.25) is 0 Å². The number of hydrogen-bond donors (Lipinski definition) is 1. The lowest BCUT2D eigenvalue weighted by Gasteiger charge is -2.35. The van der Waals surface area contributed by atoms with Crippen LogP contribution >= 0.6 is 0 Å². The van der Waals surface area contributed by atoms with Gasteiger partial charge in [-0.05, 0) is 30.5 Å². The number of amidine groups is 1. The van der Waals surface area contributed by atoms with Gasteiger partial charge in [-0.25, -0.2) is 8.78 Å². The molecule has 1 saturated heterocycles. The Balaban J connectivity index is 1.45. The zero-order chi connectivity index (χ0) is 18.1. The van der Waals surface area contributed by atoms with Crippen LogP contribution in [0.5, 0.6) is 0 Å². The molecule has 2 aromatic rings. The number of hydrogen-bond acceptors (Lipinski definition) is 3. The Morgan fingerprint density at radius 3 is 2.35 bits per heavy atom. The predicted molar refractivity (Wildman–Crippen MR) is 94.7 cm³/mol. The number of piperidine rings is 1. The molecule has 4 nitrogen and oxygen atoms in total. The number of nitrogens with zero attached hydrogens (tertiary/aromatic N) is 2. The number of aliphatic imine (C=N–C) groups is 1. The summed E-state index contributed by atoms with van der Waals surface area (Å²) in [6.07, 6.45) is 1.18. The second-order valence-corrected chi connectivity index (χ2v) is 6.87. The normalized spacial score (nSPS) is 19.5. The Labute approximate surface area is 150 Å². The van der Waals surface area contributed by atoms with Gasteiger partial charge >= 0.3 is 0 Å². The van der Waals surface area contributed by atoms with Crippen molar-refractivity contribution in [3.05, 3.63) is 71.3 Å². The summed E-state index contributed by atoms with van der Waals surface area (Å²) in [5.41, 5.74) is 0.771. The molecule has 2 aromatic carbocycles. The summed E-state index contributed by atoms with van der Waals surface area (Å²) in [5.74, 6) is -0.578. The zero-order valence-corrected chi connectivity index (χ0v) is 14.2. The predicted octanol–water partition coefficient (Wildman–Crippen LogP) is 2.88. The first kappa shape index (κ1) is 16.8. The van der Waals surface area contributed by atoms with Gasteiger partial charge in [0.05, 0.1) is 0 Å². The summed E-state index contributed by atoms with van der Waals surface area (Å²) in [6, 6.07) is 13.2. The summed E-state index contributed by atoms with van der Waals surface area (Å²) in [6.45, 7) is 1.76. The highest BCUT2D eigenvalue weighted by molar-refractivity contribution is 6.15. The molecule has 134 valence electrons. The smallest absolute Gasteiger partial charge is 0.253 e. The van der Waals surface area contributed by atoms with Crippen molar-refractivity contribution in [2.75, 3.05) is 13.1 Å². The zero-order valence-electron chi connectivity index (χ0n) is 14.2. The average Bonchev–Trinajstić information content (AvgIpc) is 2.94. The third kappa shape index (κ3) is 3.24.